The molecular weight excluding hydrogens is 242 g/mol. The summed E-state index contributed by atoms with van der Waals surface area (Å²) in [6.07, 6.45) is 3.52. The van der Waals surface area contributed by atoms with Crippen LogP contribution in [-0.4, -0.2) is 49.4 Å². The van der Waals surface area contributed by atoms with Crippen molar-refractivity contribution in [2.45, 2.75) is 32.6 Å². The Morgan fingerprint density at radius 2 is 1.74 bits per heavy atom. The van der Waals surface area contributed by atoms with Gasteiger partial charge in [0, 0.05) is 31.5 Å². The lowest BCUT2D eigenvalue weighted by Crippen LogP contribution is -2.46. The van der Waals surface area contributed by atoms with Crippen molar-refractivity contribution in [2.75, 3.05) is 32.7 Å². The summed E-state index contributed by atoms with van der Waals surface area (Å²) in [7, 11) is 0. The van der Waals surface area contributed by atoms with Gasteiger partial charge in [-0.1, -0.05) is 0 Å². The third kappa shape index (κ3) is 3.69. The van der Waals surface area contributed by atoms with Gasteiger partial charge in [0.25, 0.3) is 0 Å². The minimum absolute atomic E-state index is 0.0945. The molecule has 5 heteroatoms. The number of amides is 2. The zero-order chi connectivity index (χ0) is 13.7. The minimum Gasteiger partial charge on any atom is -0.356 e. The number of likely N-dealkylation sites (tertiary alicyclic amines) is 1. The molecule has 0 bridgehead atoms. The molecular formula is C14H25N3O2. The van der Waals surface area contributed by atoms with E-state index < -0.39 is 0 Å². The fourth-order valence-corrected chi connectivity index (χ4v) is 3.01. The summed E-state index contributed by atoms with van der Waals surface area (Å²) in [5.74, 6) is 0.742. The Hall–Kier alpha value is -1.10. The molecule has 0 radical (unpaired) electrons. The van der Waals surface area contributed by atoms with Gasteiger partial charge in [-0.3, -0.25) is 9.59 Å². The predicted molar refractivity (Wildman–Crippen MR) is 73.6 cm³/mol. The number of rotatable bonds is 3. The highest BCUT2D eigenvalue weighted by Crippen LogP contribution is 2.22. The Morgan fingerprint density at radius 3 is 2.32 bits per heavy atom. The van der Waals surface area contributed by atoms with Crippen LogP contribution in [0.15, 0.2) is 0 Å². The van der Waals surface area contributed by atoms with E-state index in [1.54, 1.807) is 0 Å². The van der Waals surface area contributed by atoms with Crippen LogP contribution in [0.25, 0.3) is 0 Å². The molecule has 2 amide bonds. The van der Waals surface area contributed by atoms with E-state index in [0.29, 0.717) is 12.5 Å². The minimum atomic E-state index is 0.0945. The van der Waals surface area contributed by atoms with E-state index in [1.807, 2.05) is 11.8 Å². The first-order valence-electron chi connectivity index (χ1n) is 7.49. The molecule has 2 heterocycles. The van der Waals surface area contributed by atoms with E-state index >= 15 is 0 Å². The molecule has 2 fully saturated rings. The average Bonchev–Trinajstić information content (AvgIpc) is 2.48. The predicted octanol–water partition coefficient (Wildman–Crippen LogP) is 0.361. The molecule has 0 aliphatic carbocycles. The van der Waals surface area contributed by atoms with Gasteiger partial charge in [0.05, 0.1) is 0 Å². The highest BCUT2D eigenvalue weighted by Gasteiger charge is 2.30. The number of hydrogen-bond donors (Lipinski definition) is 2. The number of carbonyl (C=O) groups is 2. The molecule has 5 nitrogen and oxygen atoms in total. The number of hydrogen-bond acceptors (Lipinski definition) is 3. The lowest BCUT2D eigenvalue weighted by atomic mass is 9.92. The third-order valence-corrected chi connectivity index (χ3v) is 4.22. The Bertz CT molecular complexity index is 319. The number of carbonyl (C=O) groups excluding carboxylic acids is 2. The topological polar surface area (TPSA) is 61.4 Å². The monoisotopic (exact) mass is 267 g/mol. The lowest BCUT2D eigenvalue weighted by Gasteiger charge is -2.34. The van der Waals surface area contributed by atoms with Crippen LogP contribution in [-0.2, 0) is 9.59 Å². The molecule has 0 atom stereocenters. The first-order chi connectivity index (χ1) is 9.22. The molecule has 0 unspecified atom stereocenters. The number of nitrogens with one attached hydrogen (secondary N) is 2. The van der Waals surface area contributed by atoms with E-state index in [9.17, 15) is 9.59 Å². The maximum Gasteiger partial charge on any atom is 0.225 e. The molecule has 19 heavy (non-hydrogen) atoms. The van der Waals surface area contributed by atoms with E-state index in [2.05, 4.69) is 10.6 Å². The molecule has 2 aliphatic heterocycles. The third-order valence-electron chi connectivity index (χ3n) is 4.22. The van der Waals surface area contributed by atoms with Gasteiger partial charge in [-0.25, -0.2) is 0 Å². The molecule has 2 rings (SSSR count). The highest BCUT2D eigenvalue weighted by atomic mass is 16.2. The summed E-state index contributed by atoms with van der Waals surface area (Å²) in [5.41, 5.74) is 0. The van der Waals surface area contributed by atoms with Crippen molar-refractivity contribution in [3.8, 4) is 0 Å². The molecule has 0 saturated carbocycles. The second kappa shape index (κ2) is 6.89. The van der Waals surface area contributed by atoms with Crippen molar-refractivity contribution < 1.29 is 9.59 Å². The standard InChI is InChI=1S/C14H25N3O2/c1-2-16-13(18)11-5-9-17(10-6-11)14(19)12-3-7-15-8-4-12/h11-12,15H,2-10H2,1H3,(H,16,18). The largest absolute Gasteiger partial charge is 0.356 e. The highest BCUT2D eigenvalue weighted by molar-refractivity contribution is 5.81. The maximum atomic E-state index is 12.4. The Balaban J connectivity index is 1.79. The first kappa shape index (κ1) is 14.3. The van der Waals surface area contributed by atoms with Crippen molar-refractivity contribution in [1.82, 2.24) is 15.5 Å². The molecule has 0 aromatic carbocycles. The van der Waals surface area contributed by atoms with Gasteiger partial charge in [-0.15, -0.1) is 0 Å². The van der Waals surface area contributed by atoms with Crippen molar-refractivity contribution in [1.29, 1.82) is 0 Å². The fourth-order valence-electron chi connectivity index (χ4n) is 3.01. The van der Waals surface area contributed by atoms with Gasteiger partial charge in [-0.2, -0.15) is 0 Å². The van der Waals surface area contributed by atoms with Crippen molar-refractivity contribution >= 4 is 11.8 Å². The molecule has 108 valence electrons. The van der Waals surface area contributed by atoms with Gasteiger partial charge < -0.3 is 15.5 Å². The number of nitrogens with zero attached hydrogens (tertiary/aromatic N) is 1. The van der Waals surface area contributed by atoms with Crippen LogP contribution in [0.1, 0.15) is 32.6 Å². The Morgan fingerprint density at radius 1 is 1.11 bits per heavy atom. The summed E-state index contributed by atoms with van der Waals surface area (Å²) in [6, 6.07) is 0. The average molecular weight is 267 g/mol. The zero-order valence-corrected chi connectivity index (χ0v) is 11.8. The van der Waals surface area contributed by atoms with Gasteiger partial charge in [0.15, 0.2) is 0 Å². The fraction of sp³-hybridized carbons (Fsp3) is 0.857. The normalized spacial score (nSPS) is 22.3. The Labute approximate surface area is 115 Å². The van der Waals surface area contributed by atoms with Crippen LogP contribution in [0.2, 0.25) is 0 Å². The van der Waals surface area contributed by atoms with Crippen LogP contribution in [0.5, 0.6) is 0 Å². The summed E-state index contributed by atoms with van der Waals surface area (Å²) >= 11 is 0. The maximum absolute atomic E-state index is 12.4. The lowest BCUT2D eigenvalue weighted by molar-refractivity contribution is -0.139. The summed E-state index contributed by atoms with van der Waals surface area (Å²) in [4.78, 5) is 26.1. The molecule has 0 spiro atoms. The summed E-state index contributed by atoms with van der Waals surface area (Å²) < 4.78 is 0. The smallest absolute Gasteiger partial charge is 0.225 e. The quantitative estimate of drug-likeness (QED) is 0.776. The van der Waals surface area contributed by atoms with Gasteiger partial charge in [0.1, 0.15) is 0 Å². The summed E-state index contributed by atoms with van der Waals surface area (Å²) in [6.45, 7) is 6.01. The summed E-state index contributed by atoms with van der Waals surface area (Å²) in [5, 5.41) is 6.16. The van der Waals surface area contributed by atoms with Crippen LogP contribution < -0.4 is 10.6 Å². The van der Waals surface area contributed by atoms with E-state index in [-0.39, 0.29) is 17.7 Å². The van der Waals surface area contributed by atoms with Gasteiger partial charge in [0.2, 0.25) is 11.8 Å². The SMILES string of the molecule is CCNC(=O)C1CCN(C(=O)C2CCNCC2)CC1. The van der Waals surface area contributed by atoms with Crippen molar-refractivity contribution in [2.24, 2.45) is 11.8 Å². The molecule has 2 saturated heterocycles. The molecule has 2 N–H and O–H groups in total. The van der Waals surface area contributed by atoms with Crippen LogP contribution >= 0.6 is 0 Å². The second-order valence-electron chi connectivity index (χ2n) is 5.52. The van der Waals surface area contributed by atoms with Crippen molar-refractivity contribution in [3.05, 3.63) is 0 Å². The first-order valence-corrected chi connectivity index (χ1v) is 7.49. The van der Waals surface area contributed by atoms with Gasteiger partial charge >= 0.3 is 0 Å². The van der Waals surface area contributed by atoms with Crippen molar-refractivity contribution in [3.63, 3.8) is 0 Å². The number of piperidine rings is 2. The van der Waals surface area contributed by atoms with E-state index in [0.717, 1.165) is 51.9 Å². The van der Waals surface area contributed by atoms with Crippen LogP contribution in [0, 0.1) is 11.8 Å². The molecule has 0 aromatic rings. The zero-order valence-electron chi connectivity index (χ0n) is 11.8. The Kier molecular flexibility index (Phi) is 5.19. The van der Waals surface area contributed by atoms with E-state index in [1.165, 1.54) is 0 Å². The molecule has 0 aromatic heterocycles. The molecule has 2 aliphatic rings. The van der Waals surface area contributed by atoms with Gasteiger partial charge in [-0.05, 0) is 45.7 Å². The second-order valence-corrected chi connectivity index (χ2v) is 5.52. The van der Waals surface area contributed by atoms with E-state index in [4.69, 9.17) is 0 Å². The van der Waals surface area contributed by atoms with Crippen LogP contribution in [0.4, 0.5) is 0 Å². The van der Waals surface area contributed by atoms with Crippen LogP contribution in [0.3, 0.4) is 0 Å².